The molecule has 1 heterocycles. The van der Waals surface area contributed by atoms with Crippen molar-refractivity contribution in [3.05, 3.63) is 59.7 Å². The van der Waals surface area contributed by atoms with Gasteiger partial charge in [0.2, 0.25) is 0 Å². The first kappa shape index (κ1) is 22.3. The summed E-state index contributed by atoms with van der Waals surface area (Å²) in [7, 11) is 1.31. The van der Waals surface area contributed by atoms with Gasteiger partial charge in [-0.1, -0.05) is 32.0 Å². The van der Waals surface area contributed by atoms with Gasteiger partial charge in [-0.05, 0) is 48.7 Å². The minimum Gasteiger partial charge on any atom is -0.494 e. The predicted octanol–water partition coefficient (Wildman–Crippen LogP) is 2.97. The molecule has 0 saturated carbocycles. The molecule has 2 unspecified atom stereocenters. The minimum atomic E-state index is -0.808. The fourth-order valence-corrected chi connectivity index (χ4v) is 3.74. The van der Waals surface area contributed by atoms with Crippen molar-refractivity contribution in [3.63, 3.8) is 0 Å². The number of nitrogens with zero attached hydrogens (tertiary/aromatic N) is 1. The molecule has 0 bridgehead atoms. The number of para-hydroxylation sites is 1. The molecular weight excluding hydrogens is 396 g/mol. The average molecular weight is 424 g/mol. The van der Waals surface area contributed by atoms with E-state index in [4.69, 9.17) is 9.47 Å². The van der Waals surface area contributed by atoms with Crippen molar-refractivity contribution in [2.75, 3.05) is 18.6 Å². The minimum absolute atomic E-state index is 0.190. The molecule has 0 aromatic heterocycles. The number of esters is 1. The van der Waals surface area contributed by atoms with E-state index in [9.17, 15) is 14.4 Å². The summed E-state index contributed by atoms with van der Waals surface area (Å²) in [6.45, 7) is 6.14. The summed E-state index contributed by atoms with van der Waals surface area (Å²) in [6.07, 6.45) is 0.381. The molecule has 7 heteroatoms. The molecule has 2 aromatic carbocycles. The molecule has 2 aromatic rings. The van der Waals surface area contributed by atoms with Crippen LogP contribution >= 0.6 is 0 Å². The zero-order valence-electron chi connectivity index (χ0n) is 18.3. The highest BCUT2D eigenvalue weighted by Gasteiger charge is 2.42. The molecule has 0 radical (unpaired) electrons. The van der Waals surface area contributed by atoms with Gasteiger partial charge in [0.1, 0.15) is 17.8 Å². The number of hydrogen-bond acceptors (Lipinski definition) is 5. The third-order valence-electron chi connectivity index (χ3n) is 5.33. The SMILES string of the molecule is CCOc1ccc(C(=O)NC(C(=O)N2c3ccccc3CC2C(=O)OC)C(C)C)cc1. The first-order valence-electron chi connectivity index (χ1n) is 10.4. The van der Waals surface area contributed by atoms with E-state index in [1.54, 1.807) is 24.3 Å². The number of methoxy groups -OCH3 is 1. The van der Waals surface area contributed by atoms with Crippen LogP contribution in [0.15, 0.2) is 48.5 Å². The van der Waals surface area contributed by atoms with Gasteiger partial charge in [-0.2, -0.15) is 0 Å². The highest BCUT2D eigenvalue weighted by atomic mass is 16.5. The number of rotatable bonds is 7. The van der Waals surface area contributed by atoms with Crippen LogP contribution in [0.5, 0.6) is 5.75 Å². The second kappa shape index (κ2) is 9.64. The summed E-state index contributed by atoms with van der Waals surface area (Å²) in [5.41, 5.74) is 1.99. The van der Waals surface area contributed by atoms with Gasteiger partial charge in [-0.25, -0.2) is 4.79 Å². The van der Waals surface area contributed by atoms with Crippen LogP contribution in [0.25, 0.3) is 0 Å². The van der Waals surface area contributed by atoms with E-state index < -0.39 is 18.1 Å². The molecule has 1 aliphatic heterocycles. The Morgan fingerprint density at radius 2 is 1.77 bits per heavy atom. The molecule has 2 amide bonds. The lowest BCUT2D eigenvalue weighted by Gasteiger charge is -2.30. The highest BCUT2D eigenvalue weighted by molar-refractivity contribution is 6.07. The van der Waals surface area contributed by atoms with Crippen LogP contribution in [-0.4, -0.2) is 43.6 Å². The number of benzene rings is 2. The van der Waals surface area contributed by atoms with Crippen LogP contribution in [0, 0.1) is 5.92 Å². The Hall–Kier alpha value is -3.35. The monoisotopic (exact) mass is 424 g/mol. The van der Waals surface area contributed by atoms with E-state index in [0.717, 1.165) is 5.56 Å². The maximum atomic E-state index is 13.6. The number of carbonyl (C=O) groups excluding carboxylic acids is 3. The van der Waals surface area contributed by atoms with Gasteiger partial charge in [0.15, 0.2) is 0 Å². The second-order valence-corrected chi connectivity index (χ2v) is 7.73. The smallest absolute Gasteiger partial charge is 0.329 e. The predicted molar refractivity (Wildman–Crippen MR) is 117 cm³/mol. The molecule has 0 aliphatic carbocycles. The summed E-state index contributed by atoms with van der Waals surface area (Å²) in [5.74, 6) is -0.702. The summed E-state index contributed by atoms with van der Waals surface area (Å²) in [5, 5.41) is 2.85. The van der Waals surface area contributed by atoms with Gasteiger partial charge in [0.25, 0.3) is 11.8 Å². The van der Waals surface area contributed by atoms with Crippen LogP contribution in [0.1, 0.15) is 36.7 Å². The number of amides is 2. The fraction of sp³-hybridized carbons (Fsp3) is 0.375. The quantitative estimate of drug-likeness (QED) is 0.691. The topological polar surface area (TPSA) is 84.9 Å². The standard InChI is InChI=1S/C24H28N2O5/c1-5-31-18-12-10-16(11-13-18)22(27)25-21(15(2)3)23(28)26-19-9-7-6-8-17(19)14-20(26)24(29)30-4/h6-13,15,20-21H,5,14H2,1-4H3,(H,25,27). The summed E-state index contributed by atoms with van der Waals surface area (Å²) in [4.78, 5) is 40.3. The Balaban J connectivity index is 1.85. The van der Waals surface area contributed by atoms with E-state index in [0.29, 0.717) is 30.0 Å². The number of ether oxygens (including phenoxy) is 2. The summed E-state index contributed by atoms with van der Waals surface area (Å²) >= 11 is 0. The van der Waals surface area contributed by atoms with Crippen LogP contribution < -0.4 is 15.0 Å². The molecule has 0 spiro atoms. The largest absolute Gasteiger partial charge is 0.494 e. The van der Waals surface area contributed by atoms with Crippen LogP contribution in [0.4, 0.5) is 5.69 Å². The third kappa shape index (κ3) is 4.71. The highest BCUT2D eigenvalue weighted by Crippen LogP contribution is 2.33. The Morgan fingerprint density at radius 1 is 1.10 bits per heavy atom. The van der Waals surface area contributed by atoms with Crippen molar-refractivity contribution in [1.29, 1.82) is 0 Å². The van der Waals surface area contributed by atoms with Crippen molar-refractivity contribution in [1.82, 2.24) is 5.32 Å². The number of hydrogen-bond donors (Lipinski definition) is 1. The Labute approximate surface area is 182 Å². The zero-order chi connectivity index (χ0) is 22.5. The summed E-state index contributed by atoms with van der Waals surface area (Å²) < 4.78 is 10.3. The normalized spacial score (nSPS) is 15.9. The van der Waals surface area contributed by atoms with E-state index in [1.165, 1.54) is 12.0 Å². The van der Waals surface area contributed by atoms with Gasteiger partial charge in [0, 0.05) is 17.7 Å². The van der Waals surface area contributed by atoms with Crippen LogP contribution in [0.2, 0.25) is 0 Å². The van der Waals surface area contributed by atoms with Gasteiger partial charge in [0.05, 0.1) is 13.7 Å². The summed E-state index contributed by atoms with van der Waals surface area (Å²) in [6, 6.07) is 12.6. The van der Waals surface area contributed by atoms with Crippen molar-refractivity contribution < 1.29 is 23.9 Å². The van der Waals surface area contributed by atoms with E-state index in [-0.39, 0.29) is 17.7 Å². The van der Waals surface area contributed by atoms with Crippen molar-refractivity contribution in [2.45, 2.75) is 39.3 Å². The maximum absolute atomic E-state index is 13.6. The molecule has 1 N–H and O–H groups in total. The first-order valence-corrected chi connectivity index (χ1v) is 10.4. The molecule has 0 fully saturated rings. The molecule has 2 atom stereocenters. The maximum Gasteiger partial charge on any atom is 0.329 e. The second-order valence-electron chi connectivity index (χ2n) is 7.73. The Kier molecular flexibility index (Phi) is 6.95. The number of anilines is 1. The molecular formula is C24H28N2O5. The van der Waals surface area contributed by atoms with Crippen LogP contribution in [-0.2, 0) is 20.7 Å². The fourth-order valence-electron chi connectivity index (χ4n) is 3.74. The zero-order valence-corrected chi connectivity index (χ0v) is 18.3. The average Bonchev–Trinajstić information content (AvgIpc) is 3.16. The first-order chi connectivity index (χ1) is 14.9. The molecule has 164 valence electrons. The molecule has 31 heavy (non-hydrogen) atoms. The van der Waals surface area contributed by atoms with Crippen molar-refractivity contribution in [2.24, 2.45) is 5.92 Å². The third-order valence-corrected chi connectivity index (χ3v) is 5.33. The number of fused-ring (bicyclic) bond motifs is 1. The lowest BCUT2D eigenvalue weighted by molar-refractivity contribution is -0.143. The Morgan fingerprint density at radius 3 is 2.39 bits per heavy atom. The van der Waals surface area contributed by atoms with Gasteiger partial charge in [-0.15, -0.1) is 0 Å². The van der Waals surface area contributed by atoms with Crippen molar-refractivity contribution >= 4 is 23.5 Å². The number of carbonyl (C=O) groups is 3. The van der Waals surface area contributed by atoms with E-state index in [1.807, 2.05) is 45.0 Å². The van der Waals surface area contributed by atoms with E-state index in [2.05, 4.69) is 5.32 Å². The molecule has 1 aliphatic rings. The van der Waals surface area contributed by atoms with Gasteiger partial charge >= 0.3 is 5.97 Å². The van der Waals surface area contributed by atoms with Gasteiger partial charge in [-0.3, -0.25) is 14.5 Å². The lowest BCUT2D eigenvalue weighted by atomic mass is 10.0. The van der Waals surface area contributed by atoms with E-state index >= 15 is 0 Å². The lowest BCUT2D eigenvalue weighted by Crippen LogP contribution is -2.55. The number of nitrogens with one attached hydrogen (secondary N) is 1. The van der Waals surface area contributed by atoms with Crippen molar-refractivity contribution in [3.8, 4) is 5.75 Å². The molecule has 3 rings (SSSR count). The van der Waals surface area contributed by atoms with Gasteiger partial charge < -0.3 is 14.8 Å². The molecule has 7 nitrogen and oxygen atoms in total. The molecule has 0 saturated heterocycles. The van der Waals surface area contributed by atoms with Crippen LogP contribution in [0.3, 0.4) is 0 Å². The Bertz CT molecular complexity index is 955.